The first-order valence-electron chi connectivity index (χ1n) is 14.0. The molecule has 0 amide bonds. The van der Waals surface area contributed by atoms with E-state index in [0.717, 1.165) is 44.7 Å². The van der Waals surface area contributed by atoms with Crippen LogP contribution in [0.2, 0.25) is 0 Å². The van der Waals surface area contributed by atoms with Crippen molar-refractivity contribution in [1.29, 1.82) is 0 Å². The average Bonchev–Trinajstić information content (AvgIpc) is 3.63. The van der Waals surface area contributed by atoms with Crippen molar-refractivity contribution in [2.45, 2.75) is 13.2 Å². The Kier molecular flexibility index (Phi) is 7.07. The minimum absolute atomic E-state index is 0.118. The van der Waals surface area contributed by atoms with Crippen LogP contribution in [0.4, 0.5) is 0 Å². The molecule has 0 spiro atoms. The van der Waals surface area contributed by atoms with E-state index in [4.69, 9.17) is 19.5 Å². The van der Waals surface area contributed by atoms with Crippen LogP contribution in [0.3, 0.4) is 0 Å². The highest BCUT2D eigenvalue weighted by Gasteiger charge is 2.25. The summed E-state index contributed by atoms with van der Waals surface area (Å²) in [6.07, 6.45) is 3.37. The lowest BCUT2D eigenvalue weighted by atomic mass is 9.99. The van der Waals surface area contributed by atoms with Crippen molar-refractivity contribution in [3.05, 3.63) is 139 Å². The van der Waals surface area contributed by atoms with E-state index in [1.165, 1.54) is 5.56 Å². The lowest BCUT2D eigenvalue weighted by molar-refractivity contribution is 0.126. The summed E-state index contributed by atoms with van der Waals surface area (Å²) in [5.41, 5.74) is 7.96. The normalized spacial score (nSPS) is 11.5. The maximum absolute atomic E-state index is 5.59. The molecule has 7 rings (SSSR count). The van der Waals surface area contributed by atoms with Gasteiger partial charge in [-0.3, -0.25) is 0 Å². The van der Waals surface area contributed by atoms with E-state index < -0.39 is 0 Å². The third-order valence-corrected chi connectivity index (χ3v) is 7.30. The van der Waals surface area contributed by atoms with E-state index in [1.54, 1.807) is 24.2 Å². The fraction of sp³-hybridized carbons (Fsp3) is 0.0857. The van der Waals surface area contributed by atoms with Crippen molar-refractivity contribution in [2.24, 2.45) is 5.16 Å². The molecule has 0 saturated carbocycles. The lowest BCUT2D eigenvalue weighted by Gasteiger charge is -2.13. The highest BCUT2D eigenvalue weighted by molar-refractivity contribution is 6.09. The van der Waals surface area contributed by atoms with Crippen molar-refractivity contribution in [3.8, 4) is 28.1 Å². The number of benzene rings is 4. The van der Waals surface area contributed by atoms with Crippen molar-refractivity contribution >= 4 is 22.9 Å². The van der Waals surface area contributed by atoms with Gasteiger partial charge in [0.05, 0.1) is 24.4 Å². The van der Waals surface area contributed by atoms with Crippen LogP contribution >= 0.6 is 0 Å². The zero-order chi connectivity index (χ0) is 29.0. The second-order valence-electron chi connectivity index (χ2n) is 10.0. The first kappa shape index (κ1) is 26.2. The number of ether oxygens (including phenoxy) is 1. The number of hydrogen-bond acceptors (Lipinski definition) is 6. The van der Waals surface area contributed by atoms with Crippen LogP contribution in [0.15, 0.2) is 127 Å². The maximum Gasteiger partial charge on any atom is 0.192 e. The largest absolute Gasteiger partial charge is 0.497 e. The van der Waals surface area contributed by atoms with Gasteiger partial charge in [-0.05, 0) is 46.5 Å². The molecule has 0 N–H and O–H groups in total. The SMILES string of the molecule is COc1ccc(C=NOCc2nc3c4c(-c5ccccc5)c(-c5ccccc5)n(Cc5ccccc5)c4ncn3n2)cc1. The van der Waals surface area contributed by atoms with E-state index in [9.17, 15) is 0 Å². The highest BCUT2D eigenvalue weighted by Crippen LogP contribution is 2.42. The Balaban J connectivity index is 1.35. The first-order valence-corrected chi connectivity index (χ1v) is 14.0. The monoisotopic (exact) mass is 564 g/mol. The van der Waals surface area contributed by atoms with Crippen LogP contribution in [0.25, 0.3) is 39.1 Å². The molecular weight excluding hydrogens is 536 g/mol. The zero-order valence-electron chi connectivity index (χ0n) is 23.5. The second-order valence-corrected chi connectivity index (χ2v) is 10.0. The van der Waals surface area contributed by atoms with Crippen LogP contribution in [0.1, 0.15) is 17.0 Å². The molecule has 43 heavy (non-hydrogen) atoms. The van der Waals surface area contributed by atoms with Gasteiger partial charge in [-0.15, -0.1) is 5.10 Å². The fourth-order valence-corrected chi connectivity index (χ4v) is 5.33. The van der Waals surface area contributed by atoms with Crippen LogP contribution < -0.4 is 4.74 Å². The van der Waals surface area contributed by atoms with Crippen molar-refractivity contribution in [3.63, 3.8) is 0 Å². The Bertz CT molecular complexity index is 2020. The summed E-state index contributed by atoms with van der Waals surface area (Å²) in [5.74, 6) is 1.30. The zero-order valence-corrected chi connectivity index (χ0v) is 23.5. The molecule has 0 saturated heterocycles. The van der Waals surface area contributed by atoms with Gasteiger partial charge in [-0.1, -0.05) is 96.2 Å². The summed E-state index contributed by atoms with van der Waals surface area (Å²) < 4.78 is 9.22. The summed E-state index contributed by atoms with van der Waals surface area (Å²) >= 11 is 0. The number of nitrogens with zero attached hydrogens (tertiary/aromatic N) is 6. The number of oxime groups is 1. The average molecular weight is 565 g/mol. The van der Waals surface area contributed by atoms with Gasteiger partial charge in [0.1, 0.15) is 17.7 Å². The molecule has 0 atom stereocenters. The minimum atomic E-state index is 0.118. The van der Waals surface area contributed by atoms with E-state index >= 15 is 0 Å². The molecule has 0 radical (unpaired) electrons. The molecule has 210 valence electrons. The molecule has 0 unspecified atom stereocenters. The van der Waals surface area contributed by atoms with E-state index in [-0.39, 0.29) is 6.61 Å². The van der Waals surface area contributed by atoms with Crippen LogP contribution in [-0.2, 0) is 18.0 Å². The van der Waals surface area contributed by atoms with Gasteiger partial charge >= 0.3 is 0 Å². The summed E-state index contributed by atoms with van der Waals surface area (Å²) in [6, 6.07) is 38.9. The Morgan fingerprint density at radius 1 is 0.767 bits per heavy atom. The Labute approximate surface area is 248 Å². The van der Waals surface area contributed by atoms with Gasteiger partial charge in [0.15, 0.2) is 18.1 Å². The third kappa shape index (κ3) is 5.22. The van der Waals surface area contributed by atoms with E-state index in [2.05, 4.69) is 87.6 Å². The number of hydrogen-bond donors (Lipinski definition) is 0. The summed E-state index contributed by atoms with van der Waals surface area (Å²) in [6.45, 7) is 0.772. The molecule has 8 nitrogen and oxygen atoms in total. The number of fused-ring (bicyclic) bond motifs is 3. The quantitative estimate of drug-likeness (QED) is 0.139. The first-order chi connectivity index (χ1) is 21.3. The van der Waals surface area contributed by atoms with Gasteiger partial charge in [-0.2, -0.15) is 0 Å². The molecule has 8 heteroatoms. The predicted octanol–water partition coefficient (Wildman–Crippen LogP) is 7.02. The molecule has 4 aromatic carbocycles. The molecule has 3 heterocycles. The number of aromatic nitrogens is 5. The molecule has 0 aliphatic heterocycles. The van der Waals surface area contributed by atoms with Gasteiger partial charge in [0.25, 0.3) is 0 Å². The van der Waals surface area contributed by atoms with Crippen molar-refractivity contribution in [2.75, 3.05) is 7.11 Å². The van der Waals surface area contributed by atoms with E-state index in [0.29, 0.717) is 18.0 Å². The third-order valence-electron chi connectivity index (χ3n) is 7.30. The van der Waals surface area contributed by atoms with Crippen LogP contribution in [0.5, 0.6) is 5.75 Å². The maximum atomic E-state index is 5.59. The minimum Gasteiger partial charge on any atom is -0.497 e. The number of methoxy groups -OCH3 is 1. The standard InChI is InChI=1S/C35H28N6O2/c1-42-29-19-17-25(18-20-29)21-37-43-23-30-38-35-32-31(27-13-7-3-8-14-27)33(28-15-9-4-10-16-28)40(22-26-11-5-2-6-12-26)34(32)36-24-41(35)39-30/h2-21,24H,22-23H2,1H3. The topological polar surface area (TPSA) is 78.8 Å². The Morgan fingerprint density at radius 2 is 1.44 bits per heavy atom. The smallest absolute Gasteiger partial charge is 0.192 e. The van der Waals surface area contributed by atoms with Gasteiger partial charge in [0, 0.05) is 12.1 Å². The molecule has 0 fully saturated rings. The van der Waals surface area contributed by atoms with E-state index in [1.807, 2.05) is 42.5 Å². The summed E-state index contributed by atoms with van der Waals surface area (Å²) in [5, 5.41) is 9.73. The van der Waals surface area contributed by atoms with Crippen LogP contribution in [-0.4, -0.2) is 37.5 Å². The van der Waals surface area contributed by atoms with Crippen molar-refractivity contribution < 1.29 is 9.57 Å². The van der Waals surface area contributed by atoms with Gasteiger partial charge in [-0.25, -0.2) is 14.5 Å². The number of rotatable bonds is 9. The van der Waals surface area contributed by atoms with Crippen LogP contribution in [0, 0.1) is 0 Å². The van der Waals surface area contributed by atoms with Gasteiger partial charge in [0.2, 0.25) is 0 Å². The van der Waals surface area contributed by atoms with Gasteiger partial charge < -0.3 is 14.1 Å². The predicted molar refractivity (Wildman–Crippen MR) is 168 cm³/mol. The molecule has 0 aliphatic rings. The fourth-order valence-electron chi connectivity index (χ4n) is 5.33. The highest BCUT2D eigenvalue weighted by atomic mass is 16.6. The molecule has 3 aromatic heterocycles. The summed E-state index contributed by atoms with van der Waals surface area (Å²) in [7, 11) is 1.64. The second kappa shape index (κ2) is 11.6. The van der Waals surface area contributed by atoms with Crippen molar-refractivity contribution in [1.82, 2.24) is 24.1 Å². The molecule has 0 bridgehead atoms. The molecule has 7 aromatic rings. The lowest BCUT2D eigenvalue weighted by Crippen LogP contribution is -2.03. The molecular formula is C35H28N6O2. The Morgan fingerprint density at radius 3 is 2.14 bits per heavy atom. The molecule has 0 aliphatic carbocycles. The Hall–Kier alpha value is -5.76. The summed E-state index contributed by atoms with van der Waals surface area (Å²) in [4.78, 5) is 15.5.